The first-order chi connectivity index (χ1) is 15.7. The normalized spacial score (nSPS) is 12.0. The lowest BCUT2D eigenvalue weighted by Crippen LogP contribution is -2.27. The molecule has 4 rings (SSSR count). The number of rotatable bonds is 5. The van der Waals surface area contributed by atoms with Gasteiger partial charge in [0, 0.05) is 12.1 Å². The third kappa shape index (κ3) is 4.61. The summed E-state index contributed by atoms with van der Waals surface area (Å²) in [5.41, 5.74) is -0.742. The average Bonchev–Trinajstić information content (AvgIpc) is 2.77. The molecule has 1 amide bonds. The van der Waals surface area contributed by atoms with Crippen molar-refractivity contribution in [3.05, 3.63) is 94.3 Å². The summed E-state index contributed by atoms with van der Waals surface area (Å²) < 4.78 is 56.0. The van der Waals surface area contributed by atoms with Gasteiger partial charge in [-0.1, -0.05) is 23.9 Å². The summed E-state index contributed by atoms with van der Waals surface area (Å²) in [6, 6.07) is 11.8. The van der Waals surface area contributed by atoms with E-state index in [9.17, 15) is 27.2 Å². The number of benzene rings is 3. The summed E-state index contributed by atoms with van der Waals surface area (Å²) in [5, 5.41) is 1.61. The zero-order chi connectivity index (χ0) is 23.7. The quantitative estimate of drug-likeness (QED) is 0.250. The Balaban J connectivity index is 1.74. The third-order valence-corrected chi connectivity index (χ3v) is 5.79. The number of para-hydroxylation sites is 1. The predicted molar refractivity (Wildman–Crippen MR) is 118 cm³/mol. The molecule has 10 heteroatoms. The third-order valence-electron chi connectivity index (χ3n) is 4.74. The minimum Gasteiger partial charge on any atom is -0.323 e. The van der Waals surface area contributed by atoms with Gasteiger partial charge >= 0.3 is 0 Å². The number of carbonyl (C=O) groups excluding carboxylic acids is 1. The predicted octanol–water partition coefficient (Wildman–Crippen LogP) is 5.06. The van der Waals surface area contributed by atoms with Crippen LogP contribution in [0.25, 0.3) is 16.6 Å². The first-order valence-electron chi connectivity index (χ1n) is 9.64. The van der Waals surface area contributed by atoms with Crippen LogP contribution in [0.15, 0.2) is 70.6 Å². The van der Waals surface area contributed by atoms with Crippen molar-refractivity contribution >= 4 is 34.3 Å². The van der Waals surface area contributed by atoms with E-state index in [1.165, 1.54) is 13.0 Å². The van der Waals surface area contributed by atoms with Crippen LogP contribution in [0.1, 0.15) is 6.92 Å². The van der Waals surface area contributed by atoms with Crippen molar-refractivity contribution in [3.63, 3.8) is 0 Å². The number of hydrogen-bond acceptors (Lipinski definition) is 4. The van der Waals surface area contributed by atoms with Gasteiger partial charge < -0.3 is 5.32 Å². The van der Waals surface area contributed by atoms with Gasteiger partial charge in [0.05, 0.1) is 27.5 Å². The summed E-state index contributed by atoms with van der Waals surface area (Å²) >= 11 is 0.826. The fourth-order valence-electron chi connectivity index (χ4n) is 3.10. The standard InChI is InChI=1S/C23H15F4N3O2S/c1-12(21(31)28-19-8-6-13(24)10-16(19)26)33-23-29-18-5-3-2-4-15(18)22(32)30(23)20-9-7-14(25)11-17(20)27/h2-12H,1H3,(H,28,31). The summed E-state index contributed by atoms with van der Waals surface area (Å²) in [5.74, 6) is -4.20. The summed E-state index contributed by atoms with van der Waals surface area (Å²) in [4.78, 5) is 30.2. The van der Waals surface area contributed by atoms with Crippen molar-refractivity contribution in [2.75, 3.05) is 5.32 Å². The first-order valence-corrected chi connectivity index (χ1v) is 10.5. The number of nitrogens with zero attached hydrogens (tertiary/aromatic N) is 2. The van der Waals surface area contributed by atoms with Gasteiger partial charge in [-0.3, -0.25) is 14.2 Å². The lowest BCUT2D eigenvalue weighted by Gasteiger charge is -2.17. The number of halogens is 4. The Hall–Kier alpha value is -3.66. The zero-order valence-electron chi connectivity index (χ0n) is 17.0. The van der Waals surface area contributed by atoms with Crippen molar-refractivity contribution in [1.29, 1.82) is 0 Å². The smallest absolute Gasteiger partial charge is 0.266 e. The molecule has 0 fully saturated rings. The molecule has 0 aliphatic carbocycles. The van der Waals surface area contributed by atoms with E-state index in [1.807, 2.05) is 0 Å². The van der Waals surface area contributed by atoms with Crippen LogP contribution in [0.4, 0.5) is 23.2 Å². The monoisotopic (exact) mass is 473 g/mol. The van der Waals surface area contributed by atoms with Crippen LogP contribution in [0, 0.1) is 23.3 Å². The molecule has 5 nitrogen and oxygen atoms in total. The number of hydrogen-bond donors (Lipinski definition) is 1. The lowest BCUT2D eigenvalue weighted by atomic mass is 10.2. The van der Waals surface area contributed by atoms with E-state index in [2.05, 4.69) is 10.3 Å². The number of thioether (sulfide) groups is 1. The van der Waals surface area contributed by atoms with Crippen LogP contribution in [0.5, 0.6) is 0 Å². The van der Waals surface area contributed by atoms with E-state index >= 15 is 0 Å². The molecule has 0 saturated carbocycles. The van der Waals surface area contributed by atoms with Crippen molar-refractivity contribution in [1.82, 2.24) is 9.55 Å². The maximum absolute atomic E-state index is 14.6. The molecule has 0 bridgehead atoms. The molecular formula is C23H15F4N3O2S. The molecule has 0 radical (unpaired) electrons. The van der Waals surface area contributed by atoms with Crippen molar-refractivity contribution in [3.8, 4) is 5.69 Å². The van der Waals surface area contributed by atoms with E-state index in [1.54, 1.807) is 18.2 Å². The topological polar surface area (TPSA) is 64.0 Å². The van der Waals surface area contributed by atoms with Crippen LogP contribution in [0.3, 0.4) is 0 Å². The SMILES string of the molecule is CC(Sc1nc2ccccc2c(=O)n1-c1ccc(F)cc1F)C(=O)Nc1ccc(F)cc1F. The summed E-state index contributed by atoms with van der Waals surface area (Å²) in [6.07, 6.45) is 0. The highest BCUT2D eigenvalue weighted by atomic mass is 32.2. The van der Waals surface area contributed by atoms with E-state index < -0.39 is 40.0 Å². The molecule has 1 unspecified atom stereocenters. The minimum absolute atomic E-state index is 0.0218. The molecule has 0 aliphatic heterocycles. The lowest BCUT2D eigenvalue weighted by molar-refractivity contribution is -0.115. The number of aromatic nitrogens is 2. The molecule has 1 heterocycles. The maximum atomic E-state index is 14.6. The molecule has 1 N–H and O–H groups in total. The van der Waals surface area contributed by atoms with Gasteiger partial charge in [-0.25, -0.2) is 22.5 Å². The average molecular weight is 473 g/mol. The minimum atomic E-state index is -0.985. The second kappa shape index (κ2) is 9.07. The molecular weight excluding hydrogens is 458 g/mol. The van der Waals surface area contributed by atoms with E-state index in [-0.39, 0.29) is 21.9 Å². The molecule has 1 aromatic heterocycles. The fourth-order valence-corrected chi connectivity index (χ4v) is 4.02. The molecule has 0 aliphatic rings. The van der Waals surface area contributed by atoms with Gasteiger partial charge in [-0.15, -0.1) is 0 Å². The largest absolute Gasteiger partial charge is 0.323 e. The van der Waals surface area contributed by atoms with Crippen LogP contribution >= 0.6 is 11.8 Å². The van der Waals surface area contributed by atoms with Crippen LogP contribution in [-0.4, -0.2) is 20.7 Å². The van der Waals surface area contributed by atoms with E-state index in [0.717, 1.165) is 40.6 Å². The number of fused-ring (bicyclic) bond motifs is 1. The summed E-state index contributed by atoms with van der Waals surface area (Å²) in [7, 11) is 0. The Morgan fingerprint density at radius 1 is 0.970 bits per heavy atom. The fraction of sp³-hybridized carbons (Fsp3) is 0.0870. The number of amides is 1. The highest BCUT2D eigenvalue weighted by molar-refractivity contribution is 8.00. The van der Waals surface area contributed by atoms with E-state index in [4.69, 9.17) is 0 Å². The second-order valence-electron chi connectivity index (χ2n) is 7.02. The van der Waals surface area contributed by atoms with Gasteiger partial charge in [-0.05, 0) is 43.3 Å². The Morgan fingerprint density at radius 3 is 2.33 bits per heavy atom. The van der Waals surface area contributed by atoms with Crippen LogP contribution in [-0.2, 0) is 4.79 Å². The Bertz CT molecular complexity index is 1440. The Morgan fingerprint density at radius 2 is 1.64 bits per heavy atom. The summed E-state index contributed by atoms with van der Waals surface area (Å²) in [6.45, 7) is 1.48. The van der Waals surface area contributed by atoms with Gasteiger partial charge in [0.1, 0.15) is 23.3 Å². The molecule has 4 aromatic rings. The maximum Gasteiger partial charge on any atom is 0.266 e. The van der Waals surface area contributed by atoms with E-state index in [0.29, 0.717) is 17.6 Å². The molecule has 1 atom stereocenters. The highest BCUT2D eigenvalue weighted by Gasteiger charge is 2.22. The molecule has 0 spiro atoms. The molecule has 0 saturated heterocycles. The van der Waals surface area contributed by atoms with Crippen molar-refractivity contribution < 1.29 is 22.4 Å². The van der Waals surface area contributed by atoms with Crippen molar-refractivity contribution in [2.24, 2.45) is 0 Å². The zero-order valence-corrected chi connectivity index (χ0v) is 17.8. The Labute approximate surface area is 189 Å². The van der Waals surface area contributed by atoms with Gasteiger partial charge in [0.15, 0.2) is 5.16 Å². The second-order valence-corrected chi connectivity index (χ2v) is 8.33. The number of carbonyl (C=O) groups is 1. The van der Waals surface area contributed by atoms with Crippen molar-refractivity contribution in [2.45, 2.75) is 17.3 Å². The molecule has 33 heavy (non-hydrogen) atoms. The molecule has 168 valence electrons. The first kappa shape index (κ1) is 22.5. The van der Waals surface area contributed by atoms with Gasteiger partial charge in [0.25, 0.3) is 5.56 Å². The highest BCUT2D eigenvalue weighted by Crippen LogP contribution is 2.27. The number of anilines is 1. The van der Waals surface area contributed by atoms with Crippen LogP contribution < -0.4 is 10.9 Å². The number of nitrogens with one attached hydrogen (secondary N) is 1. The van der Waals surface area contributed by atoms with Gasteiger partial charge in [-0.2, -0.15) is 0 Å². The van der Waals surface area contributed by atoms with Gasteiger partial charge in [0.2, 0.25) is 5.91 Å². The van der Waals surface area contributed by atoms with Crippen LogP contribution in [0.2, 0.25) is 0 Å². The Kier molecular flexibility index (Phi) is 6.19. The molecule has 3 aromatic carbocycles.